The standard InChI is InChI=1S/C24H26F5N3O3S/c1-15(17-12-19(25)23(20(26)13-17)31-36(2,34)35)30-22(33)9-7-16-6-8-18(24(27,28)29)14-21(16)32-10-4-3-5-11-32/h6-9,12-15,31H,3-5,10-11H2,1-2H3,(H,30,33)/b9-7+/t15-/m1/s1. The third kappa shape index (κ3) is 7.19. The Kier molecular flexibility index (Phi) is 8.27. The highest BCUT2D eigenvalue weighted by atomic mass is 32.2. The van der Waals surface area contributed by atoms with E-state index >= 15 is 0 Å². The number of nitrogens with one attached hydrogen (secondary N) is 2. The van der Waals surface area contributed by atoms with Crippen molar-refractivity contribution in [1.82, 2.24) is 5.32 Å². The third-order valence-electron chi connectivity index (χ3n) is 5.68. The van der Waals surface area contributed by atoms with Crippen molar-refractivity contribution in [1.29, 1.82) is 0 Å². The summed E-state index contributed by atoms with van der Waals surface area (Å²) in [4.78, 5) is 14.3. The smallest absolute Gasteiger partial charge is 0.371 e. The topological polar surface area (TPSA) is 78.5 Å². The van der Waals surface area contributed by atoms with Crippen LogP contribution in [0.25, 0.3) is 6.08 Å². The molecule has 6 nitrogen and oxygen atoms in total. The number of hydrogen-bond donors (Lipinski definition) is 2. The lowest BCUT2D eigenvalue weighted by Gasteiger charge is -2.30. The molecule has 1 heterocycles. The molecule has 1 atom stereocenters. The van der Waals surface area contributed by atoms with Gasteiger partial charge in [0.1, 0.15) is 5.69 Å². The number of carbonyl (C=O) groups excluding carboxylic acids is 1. The van der Waals surface area contributed by atoms with Crippen molar-refractivity contribution in [2.75, 3.05) is 29.0 Å². The molecular weight excluding hydrogens is 505 g/mol. The summed E-state index contributed by atoms with van der Waals surface area (Å²) in [6, 6.07) is 4.27. The second kappa shape index (κ2) is 10.9. The number of hydrogen-bond acceptors (Lipinski definition) is 4. The summed E-state index contributed by atoms with van der Waals surface area (Å²) >= 11 is 0. The van der Waals surface area contributed by atoms with Gasteiger partial charge in [0.05, 0.1) is 17.9 Å². The predicted octanol–water partition coefficient (Wildman–Crippen LogP) is 5.24. The first-order chi connectivity index (χ1) is 16.7. The first-order valence-corrected chi connectivity index (χ1v) is 13.1. The summed E-state index contributed by atoms with van der Waals surface area (Å²) in [5.74, 6) is -2.93. The quantitative estimate of drug-likeness (QED) is 0.379. The van der Waals surface area contributed by atoms with Crippen LogP contribution in [0.2, 0.25) is 0 Å². The number of halogens is 5. The monoisotopic (exact) mass is 531 g/mol. The number of piperidine rings is 1. The Hall–Kier alpha value is -3.15. The second-order valence-electron chi connectivity index (χ2n) is 8.62. The van der Waals surface area contributed by atoms with Crippen LogP contribution in [0.1, 0.15) is 48.9 Å². The lowest BCUT2D eigenvalue weighted by atomic mass is 10.0. The molecule has 0 unspecified atom stereocenters. The van der Waals surface area contributed by atoms with E-state index in [-0.39, 0.29) is 5.56 Å². The molecule has 2 N–H and O–H groups in total. The van der Waals surface area contributed by atoms with Crippen molar-refractivity contribution in [3.8, 4) is 0 Å². The Bertz CT molecular complexity index is 1230. The van der Waals surface area contributed by atoms with Gasteiger partial charge in [0.15, 0.2) is 11.6 Å². The Morgan fingerprint density at radius 1 is 1.06 bits per heavy atom. The number of benzene rings is 2. The van der Waals surface area contributed by atoms with Crippen LogP contribution in [0.15, 0.2) is 36.4 Å². The Labute approximate surface area is 206 Å². The molecule has 0 aromatic heterocycles. The van der Waals surface area contributed by atoms with Crippen molar-refractivity contribution >= 4 is 33.4 Å². The highest BCUT2D eigenvalue weighted by molar-refractivity contribution is 7.92. The van der Waals surface area contributed by atoms with Crippen LogP contribution in [0.3, 0.4) is 0 Å². The molecule has 0 saturated carbocycles. The van der Waals surface area contributed by atoms with E-state index in [1.54, 1.807) is 4.72 Å². The van der Waals surface area contributed by atoms with Crippen molar-refractivity contribution in [2.45, 2.75) is 38.4 Å². The van der Waals surface area contributed by atoms with Gasteiger partial charge >= 0.3 is 6.18 Å². The summed E-state index contributed by atoms with van der Waals surface area (Å²) in [6.07, 6.45) is 1.48. The van der Waals surface area contributed by atoms with Gasteiger partial charge in [-0.15, -0.1) is 0 Å². The molecule has 1 aliphatic rings. The first-order valence-electron chi connectivity index (χ1n) is 11.2. The molecule has 36 heavy (non-hydrogen) atoms. The number of rotatable bonds is 7. The van der Waals surface area contributed by atoms with E-state index in [2.05, 4.69) is 5.32 Å². The zero-order valence-corrected chi connectivity index (χ0v) is 20.4. The van der Waals surface area contributed by atoms with Crippen molar-refractivity contribution in [3.05, 3.63) is 64.7 Å². The minimum Gasteiger partial charge on any atom is -0.371 e. The molecule has 196 valence electrons. The van der Waals surface area contributed by atoms with E-state index in [9.17, 15) is 35.2 Å². The first kappa shape index (κ1) is 27.4. The SMILES string of the molecule is C[C@@H](NC(=O)/C=C/c1ccc(C(F)(F)F)cc1N1CCCCC1)c1cc(F)c(NS(C)(=O)=O)c(F)c1. The summed E-state index contributed by atoms with van der Waals surface area (Å²) in [5.41, 5.74) is -0.751. The molecule has 1 aliphatic heterocycles. The van der Waals surface area contributed by atoms with Crippen molar-refractivity contribution < 1.29 is 35.2 Å². The lowest BCUT2D eigenvalue weighted by molar-refractivity contribution is -0.137. The molecule has 2 aromatic rings. The van der Waals surface area contributed by atoms with Gasteiger partial charge < -0.3 is 10.2 Å². The van der Waals surface area contributed by atoms with Crippen LogP contribution in [0.4, 0.5) is 33.3 Å². The van der Waals surface area contributed by atoms with Crippen LogP contribution in [-0.2, 0) is 21.0 Å². The molecule has 12 heteroatoms. The van der Waals surface area contributed by atoms with E-state index < -0.39 is 51.0 Å². The molecule has 3 rings (SSSR count). The minimum absolute atomic E-state index is 0.0503. The molecule has 0 radical (unpaired) electrons. The summed E-state index contributed by atoms with van der Waals surface area (Å²) < 4.78 is 92.6. The molecule has 0 spiro atoms. The zero-order valence-electron chi connectivity index (χ0n) is 19.6. The molecule has 1 saturated heterocycles. The molecule has 2 aromatic carbocycles. The number of carbonyl (C=O) groups is 1. The Morgan fingerprint density at radius 2 is 1.67 bits per heavy atom. The lowest BCUT2D eigenvalue weighted by Crippen LogP contribution is -2.30. The average Bonchev–Trinajstić information content (AvgIpc) is 2.79. The average molecular weight is 532 g/mol. The van der Waals surface area contributed by atoms with Crippen LogP contribution in [-0.4, -0.2) is 33.7 Å². The van der Waals surface area contributed by atoms with Crippen LogP contribution < -0.4 is 14.9 Å². The van der Waals surface area contributed by atoms with Gasteiger partial charge in [-0.2, -0.15) is 13.2 Å². The summed E-state index contributed by atoms with van der Waals surface area (Å²) in [6.45, 7) is 2.68. The van der Waals surface area contributed by atoms with Crippen molar-refractivity contribution in [3.63, 3.8) is 0 Å². The van der Waals surface area contributed by atoms with Gasteiger partial charge in [-0.1, -0.05) is 6.07 Å². The molecule has 0 bridgehead atoms. The van der Waals surface area contributed by atoms with Crippen LogP contribution in [0, 0.1) is 11.6 Å². The predicted molar refractivity (Wildman–Crippen MR) is 128 cm³/mol. The zero-order chi connectivity index (χ0) is 26.7. The third-order valence-corrected chi connectivity index (χ3v) is 6.25. The van der Waals surface area contributed by atoms with E-state index in [0.717, 1.165) is 55.9 Å². The maximum atomic E-state index is 14.3. The molecule has 1 amide bonds. The Morgan fingerprint density at radius 3 is 2.22 bits per heavy atom. The minimum atomic E-state index is -4.50. The van der Waals surface area contributed by atoms with Gasteiger partial charge in [-0.25, -0.2) is 17.2 Å². The van der Waals surface area contributed by atoms with Gasteiger partial charge in [0.2, 0.25) is 15.9 Å². The summed E-state index contributed by atoms with van der Waals surface area (Å²) in [7, 11) is -3.91. The number of amides is 1. The molecule has 1 fully saturated rings. The van der Waals surface area contributed by atoms with Gasteiger partial charge in [-0.05, 0) is 67.7 Å². The normalized spacial score (nSPS) is 15.7. The van der Waals surface area contributed by atoms with Gasteiger partial charge in [-0.3, -0.25) is 9.52 Å². The van der Waals surface area contributed by atoms with Gasteiger partial charge in [0, 0.05) is 24.9 Å². The number of sulfonamides is 1. The van der Waals surface area contributed by atoms with E-state index in [1.165, 1.54) is 19.1 Å². The van der Waals surface area contributed by atoms with Crippen molar-refractivity contribution in [2.24, 2.45) is 0 Å². The highest BCUT2D eigenvalue weighted by Gasteiger charge is 2.31. The second-order valence-corrected chi connectivity index (χ2v) is 10.4. The number of alkyl halides is 3. The van der Waals surface area contributed by atoms with E-state index in [4.69, 9.17) is 0 Å². The maximum Gasteiger partial charge on any atom is 0.416 e. The van der Waals surface area contributed by atoms with E-state index in [1.807, 2.05) is 4.90 Å². The fourth-order valence-corrected chi connectivity index (χ4v) is 4.47. The number of nitrogens with zero attached hydrogens (tertiary/aromatic N) is 1. The maximum absolute atomic E-state index is 14.3. The highest BCUT2D eigenvalue weighted by Crippen LogP contribution is 2.35. The Balaban J connectivity index is 1.78. The summed E-state index contributed by atoms with van der Waals surface area (Å²) in [5, 5.41) is 2.53. The largest absolute Gasteiger partial charge is 0.416 e. The molecular formula is C24H26F5N3O3S. The fourth-order valence-electron chi connectivity index (χ4n) is 3.91. The van der Waals surface area contributed by atoms with Gasteiger partial charge in [0.25, 0.3) is 0 Å². The van der Waals surface area contributed by atoms with E-state index in [0.29, 0.717) is 24.3 Å². The van der Waals surface area contributed by atoms with Crippen LogP contribution >= 0.6 is 0 Å². The number of anilines is 2. The van der Waals surface area contributed by atoms with Crippen LogP contribution in [0.5, 0.6) is 0 Å². The fraction of sp³-hybridized carbons (Fsp3) is 0.375. The molecule has 0 aliphatic carbocycles.